The zero-order chi connectivity index (χ0) is 16.3. The molecule has 0 aliphatic rings. The third-order valence-electron chi connectivity index (χ3n) is 3.99. The summed E-state index contributed by atoms with van der Waals surface area (Å²) in [6.45, 7) is 5.76. The van der Waals surface area contributed by atoms with E-state index >= 15 is 0 Å². The number of hydrogen-bond donors (Lipinski definition) is 3. The van der Waals surface area contributed by atoms with Gasteiger partial charge < -0.3 is 15.4 Å². The average molecular weight is 302 g/mol. The first kappa shape index (κ1) is 16.2. The summed E-state index contributed by atoms with van der Waals surface area (Å²) >= 11 is 0. The number of carboxylic acid groups (broad SMARTS) is 1. The van der Waals surface area contributed by atoms with Crippen molar-refractivity contribution in [1.82, 2.24) is 10.3 Å². The highest BCUT2D eigenvalue weighted by atomic mass is 16.4. The summed E-state index contributed by atoms with van der Waals surface area (Å²) in [4.78, 5) is 26.5. The van der Waals surface area contributed by atoms with Gasteiger partial charge >= 0.3 is 5.97 Å². The largest absolute Gasteiger partial charge is 0.480 e. The lowest BCUT2D eigenvalue weighted by Crippen LogP contribution is -2.32. The molecule has 0 unspecified atom stereocenters. The number of aromatic nitrogens is 1. The van der Waals surface area contributed by atoms with E-state index in [0.29, 0.717) is 18.2 Å². The molecule has 0 amide bonds. The van der Waals surface area contributed by atoms with Gasteiger partial charge in [-0.2, -0.15) is 0 Å². The molecule has 0 aliphatic heterocycles. The van der Waals surface area contributed by atoms with Gasteiger partial charge in [0, 0.05) is 22.7 Å². The van der Waals surface area contributed by atoms with E-state index in [1.165, 1.54) is 0 Å². The van der Waals surface area contributed by atoms with Crippen molar-refractivity contribution in [3.8, 4) is 0 Å². The molecule has 0 aliphatic carbocycles. The topological polar surface area (TPSA) is 82.2 Å². The van der Waals surface area contributed by atoms with Crippen LogP contribution in [0.3, 0.4) is 0 Å². The van der Waals surface area contributed by atoms with E-state index in [9.17, 15) is 9.59 Å². The van der Waals surface area contributed by atoms with Crippen LogP contribution in [-0.4, -0.2) is 28.6 Å². The Bertz CT molecular complexity index is 749. The van der Waals surface area contributed by atoms with E-state index in [0.717, 1.165) is 22.3 Å². The van der Waals surface area contributed by atoms with E-state index < -0.39 is 5.97 Å². The number of rotatable bonds is 6. The summed E-state index contributed by atoms with van der Waals surface area (Å²) in [5.74, 6) is -0.873. The van der Waals surface area contributed by atoms with Crippen molar-refractivity contribution in [2.24, 2.45) is 0 Å². The Morgan fingerprint density at radius 2 is 2.09 bits per heavy atom. The van der Waals surface area contributed by atoms with Gasteiger partial charge in [0.15, 0.2) is 5.43 Å². The molecule has 3 N–H and O–H groups in total. The van der Waals surface area contributed by atoms with Crippen molar-refractivity contribution >= 4 is 16.9 Å². The van der Waals surface area contributed by atoms with Crippen molar-refractivity contribution in [2.75, 3.05) is 6.54 Å². The summed E-state index contributed by atoms with van der Waals surface area (Å²) in [6, 6.07) is 5.76. The van der Waals surface area contributed by atoms with E-state index in [1.807, 2.05) is 39.0 Å². The summed E-state index contributed by atoms with van der Waals surface area (Å²) < 4.78 is 0. The molecule has 0 bridgehead atoms. The van der Waals surface area contributed by atoms with E-state index in [2.05, 4.69) is 10.3 Å². The van der Waals surface area contributed by atoms with Gasteiger partial charge in [-0.05, 0) is 45.2 Å². The fraction of sp³-hybridized carbons (Fsp3) is 0.412. The Labute approximate surface area is 129 Å². The van der Waals surface area contributed by atoms with Gasteiger partial charge in [0.05, 0.1) is 12.1 Å². The van der Waals surface area contributed by atoms with Gasteiger partial charge in [-0.3, -0.25) is 9.59 Å². The number of fused-ring (bicyclic) bond motifs is 1. The number of aromatic amines is 1. The molecule has 0 radical (unpaired) electrons. The molecule has 22 heavy (non-hydrogen) atoms. The lowest BCUT2D eigenvalue weighted by atomic mass is 10.0. The van der Waals surface area contributed by atoms with Gasteiger partial charge in [0.2, 0.25) is 0 Å². The zero-order valence-electron chi connectivity index (χ0n) is 13.2. The van der Waals surface area contributed by atoms with Crippen LogP contribution in [0.4, 0.5) is 0 Å². The second-order valence-electron chi connectivity index (χ2n) is 5.77. The van der Waals surface area contributed by atoms with Crippen LogP contribution in [0.15, 0.2) is 23.0 Å². The third-order valence-corrected chi connectivity index (χ3v) is 3.99. The number of hydrogen-bond acceptors (Lipinski definition) is 3. The molecular weight excluding hydrogens is 280 g/mol. The highest BCUT2D eigenvalue weighted by Gasteiger charge is 2.12. The number of H-pyrrole nitrogens is 1. The first-order valence-electron chi connectivity index (χ1n) is 7.46. The summed E-state index contributed by atoms with van der Waals surface area (Å²) in [5, 5.41) is 12.3. The molecule has 2 aromatic rings. The fourth-order valence-electron chi connectivity index (χ4n) is 2.64. The smallest absolute Gasteiger partial charge is 0.317 e. The van der Waals surface area contributed by atoms with Crippen molar-refractivity contribution in [2.45, 2.75) is 39.7 Å². The predicted octanol–water partition coefficient (Wildman–Crippen LogP) is 2.14. The van der Waals surface area contributed by atoms with Crippen molar-refractivity contribution in [1.29, 1.82) is 0 Å². The number of aliphatic carboxylic acids is 1. The molecule has 1 aromatic heterocycles. The van der Waals surface area contributed by atoms with Crippen molar-refractivity contribution in [3.63, 3.8) is 0 Å². The van der Waals surface area contributed by atoms with E-state index in [4.69, 9.17) is 5.11 Å². The first-order chi connectivity index (χ1) is 10.4. The highest BCUT2D eigenvalue weighted by Crippen LogP contribution is 2.16. The van der Waals surface area contributed by atoms with Crippen molar-refractivity contribution in [3.05, 3.63) is 45.2 Å². The van der Waals surface area contributed by atoms with Gasteiger partial charge in [-0.25, -0.2) is 0 Å². The summed E-state index contributed by atoms with van der Waals surface area (Å²) in [5.41, 5.74) is 3.69. The fourth-order valence-corrected chi connectivity index (χ4v) is 2.64. The molecule has 0 spiro atoms. The summed E-state index contributed by atoms with van der Waals surface area (Å²) in [6.07, 6.45) is 1.34. The van der Waals surface area contributed by atoms with Gasteiger partial charge in [-0.15, -0.1) is 0 Å². The first-order valence-corrected chi connectivity index (χ1v) is 7.46. The Morgan fingerprint density at radius 3 is 2.77 bits per heavy atom. The minimum Gasteiger partial charge on any atom is -0.480 e. The molecular formula is C17H22N2O3. The number of nitrogens with one attached hydrogen (secondary N) is 2. The molecule has 1 atom stereocenters. The standard InChI is InChI=1S/C17H22N2O3/c1-10-5-4-6-14-16(10)19-12(3)13(17(14)22)8-7-11(2)18-9-15(20)21/h4-6,11,18H,7-9H2,1-3H3,(H,19,22)(H,20,21)/t11-/m0/s1. The maximum absolute atomic E-state index is 12.6. The maximum Gasteiger partial charge on any atom is 0.317 e. The second-order valence-corrected chi connectivity index (χ2v) is 5.77. The Kier molecular flexibility index (Phi) is 4.98. The maximum atomic E-state index is 12.6. The summed E-state index contributed by atoms with van der Waals surface area (Å²) in [7, 11) is 0. The number of para-hydroxylation sites is 1. The number of pyridine rings is 1. The molecule has 118 valence electrons. The number of carbonyl (C=O) groups is 1. The Balaban J connectivity index is 2.22. The molecule has 2 rings (SSSR count). The molecule has 5 nitrogen and oxygen atoms in total. The van der Waals surface area contributed by atoms with Crippen LogP contribution in [0.1, 0.15) is 30.2 Å². The Morgan fingerprint density at radius 1 is 1.36 bits per heavy atom. The zero-order valence-corrected chi connectivity index (χ0v) is 13.2. The molecule has 1 aromatic carbocycles. The van der Waals surface area contributed by atoms with E-state index in [1.54, 1.807) is 0 Å². The predicted molar refractivity (Wildman–Crippen MR) is 87.5 cm³/mol. The van der Waals surface area contributed by atoms with Crippen molar-refractivity contribution < 1.29 is 9.90 Å². The number of aryl methyl sites for hydroxylation is 2. The lowest BCUT2D eigenvalue weighted by molar-refractivity contribution is -0.136. The normalized spacial score (nSPS) is 12.5. The quantitative estimate of drug-likeness (QED) is 0.763. The number of benzene rings is 1. The van der Waals surface area contributed by atoms with Gasteiger partial charge in [0.1, 0.15) is 0 Å². The minimum absolute atomic E-state index is 0.0445. The Hall–Kier alpha value is -2.14. The average Bonchev–Trinajstić information content (AvgIpc) is 2.46. The van der Waals surface area contributed by atoms with Crippen LogP contribution in [0, 0.1) is 13.8 Å². The molecule has 1 heterocycles. The van der Waals surface area contributed by atoms with Crippen LogP contribution >= 0.6 is 0 Å². The molecule has 5 heteroatoms. The molecule has 0 saturated heterocycles. The monoisotopic (exact) mass is 302 g/mol. The molecule has 0 saturated carbocycles. The number of carboxylic acids is 1. The van der Waals surface area contributed by atoms with Crippen LogP contribution in [-0.2, 0) is 11.2 Å². The second kappa shape index (κ2) is 6.75. The SMILES string of the molecule is Cc1[nH]c2c(C)cccc2c(=O)c1CC[C@H](C)NCC(=O)O. The van der Waals surface area contributed by atoms with Crippen LogP contribution in [0.5, 0.6) is 0 Å². The van der Waals surface area contributed by atoms with Gasteiger partial charge in [0.25, 0.3) is 0 Å². The van der Waals surface area contributed by atoms with E-state index in [-0.39, 0.29) is 18.0 Å². The molecule has 0 fully saturated rings. The van der Waals surface area contributed by atoms with Gasteiger partial charge in [-0.1, -0.05) is 12.1 Å². The minimum atomic E-state index is -0.873. The highest BCUT2D eigenvalue weighted by molar-refractivity contribution is 5.82. The van der Waals surface area contributed by atoms with Crippen LogP contribution in [0.25, 0.3) is 10.9 Å². The third kappa shape index (κ3) is 3.54. The van der Waals surface area contributed by atoms with Crippen LogP contribution in [0.2, 0.25) is 0 Å². The van der Waals surface area contributed by atoms with Crippen LogP contribution < -0.4 is 10.7 Å². The lowest BCUT2D eigenvalue weighted by Gasteiger charge is -2.14.